The van der Waals surface area contributed by atoms with Crippen LogP contribution < -0.4 is 10.1 Å². The van der Waals surface area contributed by atoms with E-state index in [0.29, 0.717) is 5.56 Å². The van der Waals surface area contributed by atoms with Gasteiger partial charge >= 0.3 is 0 Å². The quantitative estimate of drug-likeness (QED) is 0.692. The maximum absolute atomic E-state index is 12.4. The molecule has 0 aliphatic heterocycles. The van der Waals surface area contributed by atoms with Gasteiger partial charge < -0.3 is 10.1 Å². The second-order valence-corrected chi connectivity index (χ2v) is 6.84. The summed E-state index contributed by atoms with van der Waals surface area (Å²) in [5.74, 6) is 1.56. The predicted molar refractivity (Wildman–Crippen MR) is 101 cm³/mol. The highest BCUT2D eigenvalue weighted by Gasteiger charge is 2.12. The highest BCUT2D eigenvalue weighted by molar-refractivity contribution is 7.98. The van der Waals surface area contributed by atoms with Crippen molar-refractivity contribution in [2.75, 3.05) is 7.11 Å². The Labute approximate surface area is 148 Å². The van der Waals surface area contributed by atoms with Crippen LogP contribution in [0.2, 0.25) is 0 Å². The fourth-order valence-corrected chi connectivity index (χ4v) is 3.42. The van der Waals surface area contributed by atoms with Crippen molar-refractivity contribution < 1.29 is 9.53 Å². The summed E-state index contributed by atoms with van der Waals surface area (Å²) in [6.45, 7) is 4.16. The van der Waals surface area contributed by atoms with Crippen LogP contribution in [0.1, 0.15) is 42.6 Å². The molecule has 0 heterocycles. The zero-order valence-electron chi connectivity index (χ0n) is 14.5. The summed E-state index contributed by atoms with van der Waals surface area (Å²) in [5.41, 5.74) is 1.71. The molecule has 2 aromatic rings. The Bertz CT molecular complexity index is 658. The average molecular weight is 343 g/mol. The third kappa shape index (κ3) is 5.31. The number of rotatable bonds is 8. The van der Waals surface area contributed by atoms with Gasteiger partial charge in [0, 0.05) is 27.8 Å². The van der Waals surface area contributed by atoms with Gasteiger partial charge in [0.05, 0.1) is 7.11 Å². The summed E-state index contributed by atoms with van der Waals surface area (Å²) in [5, 5.41) is 3.05. The predicted octanol–water partition coefficient (Wildman–Crippen LogP) is 4.91. The normalized spacial score (nSPS) is 11.8. The van der Waals surface area contributed by atoms with E-state index in [4.69, 9.17) is 4.74 Å². The second-order valence-electron chi connectivity index (χ2n) is 5.79. The van der Waals surface area contributed by atoms with Gasteiger partial charge in [-0.3, -0.25) is 4.79 Å². The Balaban J connectivity index is 2.10. The molecular formula is C20H25NO2S. The molecule has 24 heavy (non-hydrogen) atoms. The topological polar surface area (TPSA) is 38.3 Å². The second kappa shape index (κ2) is 9.38. The number of amides is 1. The Kier molecular flexibility index (Phi) is 7.19. The smallest absolute Gasteiger partial charge is 0.251 e. The van der Waals surface area contributed by atoms with Crippen molar-refractivity contribution in [2.24, 2.45) is 0 Å². The standard InChI is InChI=1S/C20H25NO2S/c1-4-8-15(2)21-20(22)16-11-12-19(23-3)17(13-16)14-24-18-9-6-5-7-10-18/h5-7,9-13,15H,4,8,14H2,1-3H3,(H,21,22). The lowest BCUT2D eigenvalue weighted by Crippen LogP contribution is -2.32. The third-order valence-electron chi connectivity index (χ3n) is 3.78. The minimum Gasteiger partial charge on any atom is -0.496 e. The van der Waals surface area contributed by atoms with Crippen LogP contribution in [0.5, 0.6) is 5.75 Å². The summed E-state index contributed by atoms with van der Waals surface area (Å²) in [6, 6.07) is 16.0. The molecule has 0 aliphatic carbocycles. The monoisotopic (exact) mass is 343 g/mol. The molecule has 2 rings (SSSR count). The molecule has 0 bridgehead atoms. The van der Waals surface area contributed by atoms with Crippen molar-refractivity contribution in [1.29, 1.82) is 0 Å². The molecule has 128 valence electrons. The van der Waals surface area contributed by atoms with E-state index in [2.05, 4.69) is 24.4 Å². The van der Waals surface area contributed by atoms with Crippen LogP contribution in [0.4, 0.5) is 0 Å². The van der Waals surface area contributed by atoms with Crippen LogP contribution in [-0.4, -0.2) is 19.1 Å². The molecule has 3 nitrogen and oxygen atoms in total. The number of hydrogen-bond acceptors (Lipinski definition) is 3. The van der Waals surface area contributed by atoms with E-state index in [1.165, 1.54) is 4.90 Å². The fraction of sp³-hybridized carbons (Fsp3) is 0.350. The Morgan fingerprint density at radius 1 is 1.21 bits per heavy atom. The van der Waals surface area contributed by atoms with Gasteiger partial charge in [-0.2, -0.15) is 0 Å². The van der Waals surface area contributed by atoms with Crippen molar-refractivity contribution in [2.45, 2.75) is 43.4 Å². The summed E-state index contributed by atoms with van der Waals surface area (Å²) >= 11 is 1.73. The maximum atomic E-state index is 12.4. The van der Waals surface area contributed by atoms with Gasteiger partial charge in [0.2, 0.25) is 0 Å². The zero-order valence-corrected chi connectivity index (χ0v) is 15.4. The number of carbonyl (C=O) groups excluding carboxylic acids is 1. The molecular weight excluding hydrogens is 318 g/mol. The van der Waals surface area contributed by atoms with Gasteiger partial charge in [0.25, 0.3) is 5.91 Å². The first kappa shape index (κ1) is 18.4. The Hall–Kier alpha value is -1.94. The van der Waals surface area contributed by atoms with Gasteiger partial charge in [0.1, 0.15) is 5.75 Å². The molecule has 0 saturated heterocycles. The SMILES string of the molecule is CCCC(C)NC(=O)c1ccc(OC)c(CSc2ccccc2)c1. The van der Waals surface area contributed by atoms with Crippen LogP contribution >= 0.6 is 11.8 Å². The van der Waals surface area contributed by atoms with Gasteiger partial charge in [0.15, 0.2) is 0 Å². The van der Waals surface area contributed by atoms with E-state index >= 15 is 0 Å². The summed E-state index contributed by atoms with van der Waals surface area (Å²) < 4.78 is 5.44. The first-order valence-corrected chi connectivity index (χ1v) is 9.28. The van der Waals surface area contributed by atoms with Gasteiger partial charge in [-0.1, -0.05) is 31.5 Å². The molecule has 4 heteroatoms. The van der Waals surface area contributed by atoms with Crippen LogP contribution in [0.15, 0.2) is 53.4 Å². The van der Waals surface area contributed by atoms with Crippen molar-refractivity contribution in [3.05, 3.63) is 59.7 Å². The van der Waals surface area contributed by atoms with Crippen molar-refractivity contribution in [1.82, 2.24) is 5.32 Å². The number of methoxy groups -OCH3 is 1. The first-order chi connectivity index (χ1) is 11.6. The molecule has 1 unspecified atom stereocenters. The lowest BCUT2D eigenvalue weighted by Gasteiger charge is -2.14. The number of ether oxygens (including phenoxy) is 1. The van der Waals surface area contributed by atoms with Crippen LogP contribution in [0.25, 0.3) is 0 Å². The summed E-state index contributed by atoms with van der Waals surface area (Å²) in [7, 11) is 1.66. The third-order valence-corrected chi connectivity index (χ3v) is 4.84. The van der Waals surface area contributed by atoms with E-state index in [9.17, 15) is 4.79 Å². The minimum atomic E-state index is -0.0236. The number of benzene rings is 2. The Morgan fingerprint density at radius 2 is 1.96 bits per heavy atom. The molecule has 0 aromatic heterocycles. The highest BCUT2D eigenvalue weighted by atomic mass is 32.2. The van der Waals surface area contributed by atoms with Crippen molar-refractivity contribution in [3.8, 4) is 5.75 Å². The number of carbonyl (C=O) groups is 1. The first-order valence-electron chi connectivity index (χ1n) is 8.29. The summed E-state index contributed by atoms with van der Waals surface area (Å²) in [4.78, 5) is 13.6. The van der Waals surface area contributed by atoms with Crippen LogP contribution in [0.3, 0.4) is 0 Å². The molecule has 0 fully saturated rings. The van der Waals surface area contributed by atoms with E-state index in [1.54, 1.807) is 18.9 Å². The van der Waals surface area contributed by atoms with Crippen molar-refractivity contribution in [3.63, 3.8) is 0 Å². The number of thioether (sulfide) groups is 1. The Morgan fingerprint density at radius 3 is 2.62 bits per heavy atom. The largest absolute Gasteiger partial charge is 0.496 e. The molecule has 1 atom stereocenters. The highest BCUT2D eigenvalue weighted by Crippen LogP contribution is 2.28. The van der Waals surface area contributed by atoms with E-state index < -0.39 is 0 Å². The zero-order chi connectivity index (χ0) is 17.4. The van der Waals surface area contributed by atoms with Crippen molar-refractivity contribution >= 4 is 17.7 Å². The van der Waals surface area contributed by atoms with E-state index in [1.807, 2.05) is 43.3 Å². The molecule has 0 spiro atoms. The van der Waals surface area contributed by atoms with Crippen LogP contribution in [-0.2, 0) is 5.75 Å². The van der Waals surface area contributed by atoms with Crippen LogP contribution in [0, 0.1) is 0 Å². The van der Waals surface area contributed by atoms with Gasteiger partial charge in [-0.15, -0.1) is 11.8 Å². The lowest BCUT2D eigenvalue weighted by molar-refractivity contribution is 0.0938. The average Bonchev–Trinajstić information content (AvgIpc) is 2.60. The molecule has 2 aromatic carbocycles. The minimum absolute atomic E-state index is 0.0236. The van der Waals surface area contributed by atoms with Gasteiger partial charge in [-0.05, 0) is 43.7 Å². The van der Waals surface area contributed by atoms with E-state index in [0.717, 1.165) is 29.9 Å². The van der Waals surface area contributed by atoms with Gasteiger partial charge in [-0.25, -0.2) is 0 Å². The molecule has 0 saturated carbocycles. The molecule has 1 N–H and O–H groups in total. The maximum Gasteiger partial charge on any atom is 0.251 e. The van der Waals surface area contributed by atoms with E-state index in [-0.39, 0.29) is 11.9 Å². The number of hydrogen-bond donors (Lipinski definition) is 1. The summed E-state index contributed by atoms with van der Waals surface area (Å²) in [6.07, 6.45) is 2.04. The lowest BCUT2D eigenvalue weighted by atomic mass is 10.1. The fourth-order valence-electron chi connectivity index (χ4n) is 2.52. The number of nitrogens with one attached hydrogen (secondary N) is 1. The molecule has 0 radical (unpaired) electrons. The molecule has 1 amide bonds. The molecule has 0 aliphatic rings.